The number of rotatable bonds is 4. The number of aromatic nitrogens is 4. The molecule has 0 aromatic carbocycles. The van der Waals surface area contributed by atoms with Gasteiger partial charge in [-0.2, -0.15) is 5.10 Å². The maximum absolute atomic E-state index is 5.18. The Balaban J connectivity index is 1.70. The van der Waals surface area contributed by atoms with Crippen LogP contribution in [0.1, 0.15) is 42.4 Å². The van der Waals surface area contributed by atoms with Crippen LogP contribution in [0, 0.1) is 20.8 Å². The van der Waals surface area contributed by atoms with Gasteiger partial charge >= 0.3 is 0 Å². The molecule has 114 valence electrons. The van der Waals surface area contributed by atoms with Crippen LogP contribution in [-0.4, -0.2) is 37.4 Å². The van der Waals surface area contributed by atoms with Gasteiger partial charge in [0.2, 0.25) is 0 Å². The fraction of sp³-hybridized carbons (Fsp3) is 0.667. The first-order chi connectivity index (χ1) is 10.1. The first-order valence-corrected chi connectivity index (χ1v) is 7.66. The molecule has 6 nitrogen and oxygen atoms in total. The van der Waals surface area contributed by atoms with Crippen LogP contribution in [0.5, 0.6) is 0 Å². The van der Waals surface area contributed by atoms with E-state index in [9.17, 15) is 0 Å². The molecule has 3 rings (SSSR count). The normalized spacial score (nSPS) is 20.0. The average Bonchev–Trinajstić information content (AvgIpc) is 2.98. The Hall–Kier alpha value is -1.69. The highest BCUT2D eigenvalue weighted by Gasteiger charge is 2.24. The molecule has 0 saturated carbocycles. The molecule has 0 bridgehead atoms. The molecule has 0 unspecified atom stereocenters. The lowest BCUT2D eigenvalue weighted by Crippen LogP contribution is -2.42. The molecule has 2 aromatic heterocycles. The Labute approximate surface area is 125 Å². The molecule has 21 heavy (non-hydrogen) atoms. The summed E-state index contributed by atoms with van der Waals surface area (Å²) >= 11 is 0. The van der Waals surface area contributed by atoms with E-state index < -0.39 is 0 Å². The fourth-order valence-corrected chi connectivity index (χ4v) is 3.11. The number of hydrogen-bond donors (Lipinski definition) is 0. The molecular formula is C15H23N5O. The number of hydrogen-bond acceptors (Lipinski definition) is 5. The van der Waals surface area contributed by atoms with E-state index >= 15 is 0 Å². The molecule has 0 N–H and O–H groups in total. The second-order valence-corrected chi connectivity index (χ2v) is 5.94. The van der Waals surface area contributed by atoms with Crippen LogP contribution in [0.3, 0.4) is 0 Å². The van der Waals surface area contributed by atoms with Gasteiger partial charge in [0.1, 0.15) is 17.4 Å². The van der Waals surface area contributed by atoms with Gasteiger partial charge in [-0.05, 0) is 40.2 Å². The summed E-state index contributed by atoms with van der Waals surface area (Å²) in [7, 11) is 0. The summed E-state index contributed by atoms with van der Waals surface area (Å²) in [6, 6.07) is 2.52. The largest absolute Gasteiger partial charge is 0.361 e. The monoisotopic (exact) mass is 289 g/mol. The van der Waals surface area contributed by atoms with Crippen molar-refractivity contribution in [2.45, 2.75) is 59.2 Å². The molecule has 0 spiro atoms. The van der Waals surface area contributed by atoms with Crippen molar-refractivity contribution in [3.8, 4) is 0 Å². The lowest BCUT2D eigenvalue weighted by molar-refractivity contribution is 0.118. The second kappa shape index (κ2) is 5.97. The number of likely N-dealkylation sites (tertiary alicyclic amines) is 1. The second-order valence-electron chi connectivity index (χ2n) is 5.94. The Bertz CT molecular complexity index is 603. The van der Waals surface area contributed by atoms with E-state index in [0.29, 0.717) is 6.04 Å². The van der Waals surface area contributed by atoms with E-state index in [2.05, 4.69) is 20.1 Å². The molecule has 0 aliphatic carbocycles. The van der Waals surface area contributed by atoms with Crippen molar-refractivity contribution in [2.24, 2.45) is 0 Å². The van der Waals surface area contributed by atoms with Crippen LogP contribution in [0.25, 0.3) is 0 Å². The minimum absolute atomic E-state index is 0.496. The van der Waals surface area contributed by atoms with Gasteiger partial charge in [0.15, 0.2) is 0 Å². The van der Waals surface area contributed by atoms with E-state index in [1.165, 1.54) is 19.3 Å². The highest BCUT2D eigenvalue weighted by Crippen LogP contribution is 2.21. The van der Waals surface area contributed by atoms with Crippen molar-refractivity contribution in [2.75, 3.05) is 6.54 Å². The zero-order valence-corrected chi connectivity index (χ0v) is 13.0. The number of piperidine rings is 1. The van der Waals surface area contributed by atoms with Crippen molar-refractivity contribution in [3.05, 3.63) is 29.2 Å². The number of nitrogens with zero attached hydrogens (tertiary/aromatic N) is 5. The molecule has 1 atom stereocenters. The summed E-state index contributed by atoms with van der Waals surface area (Å²) < 4.78 is 7.21. The van der Waals surface area contributed by atoms with Crippen LogP contribution in [0.4, 0.5) is 0 Å². The standard InChI is InChI=1S/C15H23N5O/c1-11-8-14(18-21-11)9-19-7-5-4-6-15(19)10-20-13(3)16-12(2)17-20/h8,15H,4-7,9-10H2,1-3H3/t15-/m1/s1. The predicted octanol–water partition coefficient (Wildman–Crippen LogP) is 2.25. The lowest BCUT2D eigenvalue weighted by Gasteiger charge is -2.35. The van der Waals surface area contributed by atoms with Gasteiger partial charge < -0.3 is 4.52 Å². The first-order valence-electron chi connectivity index (χ1n) is 7.66. The van der Waals surface area contributed by atoms with Gasteiger partial charge in [-0.3, -0.25) is 4.90 Å². The zero-order chi connectivity index (χ0) is 14.8. The van der Waals surface area contributed by atoms with E-state index in [0.717, 1.165) is 42.7 Å². The Morgan fingerprint density at radius 3 is 2.81 bits per heavy atom. The summed E-state index contributed by atoms with van der Waals surface area (Å²) in [6.07, 6.45) is 3.74. The third-order valence-corrected chi connectivity index (χ3v) is 4.14. The summed E-state index contributed by atoms with van der Waals surface area (Å²) in [6.45, 7) is 8.78. The Morgan fingerprint density at radius 1 is 1.29 bits per heavy atom. The van der Waals surface area contributed by atoms with E-state index in [1.54, 1.807) is 0 Å². The highest BCUT2D eigenvalue weighted by molar-refractivity contribution is 5.04. The summed E-state index contributed by atoms with van der Waals surface area (Å²) in [4.78, 5) is 6.89. The molecule has 6 heteroatoms. The lowest BCUT2D eigenvalue weighted by atomic mass is 10.0. The van der Waals surface area contributed by atoms with Gasteiger partial charge in [-0.25, -0.2) is 9.67 Å². The fourth-order valence-electron chi connectivity index (χ4n) is 3.11. The zero-order valence-electron chi connectivity index (χ0n) is 13.0. The SMILES string of the molecule is Cc1nc(C)n(C[C@H]2CCCCN2Cc2cc(C)on2)n1. The van der Waals surface area contributed by atoms with Crippen LogP contribution in [-0.2, 0) is 13.1 Å². The van der Waals surface area contributed by atoms with Crippen molar-refractivity contribution in [1.29, 1.82) is 0 Å². The average molecular weight is 289 g/mol. The minimum Gasteiger partial charge on any atom is -0.361 e. The van der Waals surface area contributed by atoms with Crippen LogP contribution in [0.2, 0.25) is 0 Å². The first kappa shape index (κ1) is 14.3. The van der Waals surface area contributed by atoms with Gasteiger partial charge in [-0.15, -0.1) is 0 Å². The maximum atomic E-state index is 5.18. The third-order valence-electron chi connectivity index (χ3n) is 4.14. The van der Waals surface area contributed by atoms with Gasteiger partial charge in [-0.1, -0.05) is 11.6 Å². The maximum Gasteiger partial charge on any atom is 0.147 e. The van der Waals surface area contributed by atoms with Crippen molar-refractivity contribution in [3.63, 3.8) is 0 Å². The molecule has 1 saturated heterocycles. The summed E-state index contributed by atoms with van der Waals surface area (Å²) in [5.41, 5.74) is 1.02. The van der Waals surface area contributed by atoms with Gasteiger partial charge in [0.05, 0.1) is 12.2 Å². The van der Waals surface area contributed by atoms with Crippen molar-refractivity contribution in [1.82, 2.24) is 24.8 Å². The van der Waals surface area contributed by atoms with Gasteiger partial charge in [0.25, 0.3) is 0 Å². The quantitative estimate of drug-likeness (QED) is 0.864. The molecule has 1 aliphatic heterocycles. The van der Waals surface area contributed by atoms with E-state index in [4.69, 9.17) is 4.52 Å². The van der Waals surface area contributed by atoms with Crippen molar-refractivity contribution < 1.29 is 4.52 Å². The van der Waals surface area contributed by atoms with Crippen LogP contribution >= 0.6 is 0 Å². The molecule has 1 aliphatic rings. The molecule has 2 aromatic rings. The van der Waals surface area contributed by atoms with Gasteiger partial charge in [0, 0.05) is 18.7 Å². The molecular weight excluding hydrogens is 266 g/mol. The Kier molecular flexibility index (Phi) is 4.05. The summed E-state index contributed by atoms with van der Waals surface area (Å²) in [5, 5.41) is 8.62. The third kappa shape index (κ3) is 3.32. The highest BCUT2D eigenvalue weighted by atomic mass is 16.5. The Morgan fingerprint density at radius 2 is 2.14 bits per heavy atom. The molecule has 3 heterocycles. The van der Waals surface area contributed by atoms with Crippen molar-refractivity contribution >= 4 is 0 Å². The van der Waals surface area contributed by atoms with Crippen LogP contribution in [0.15, 0.2) is 10.6 Å². The van der Waals surface area contributed by atoms with Crippen LogP contribution < -0.4 is 0 Å². The smallest absolute Gasteiger partial charge is 0.147 e. The molecule has 1 fully saturated rings. The number of aryl methyl sites for hydroxylation is 3. The molecule has 0 radical (unpaired) electrons. The van der Waals surface area contributed by atoms with E-state index in [-0.39, 0.29) is 0 Å². The minimum atomic E-state index is 0.496. The predicted molar refractivity (Wildman–Crippen MR) is 78.8 cm³/mol. The summed E-state index contributed by atoms with van der Waals surface area (Å²) in [5.74, 6) is 2.72. The topological polar surface area (TPSA) is 60.0 Å². The molecule has 0 amide bonds. The van der Waals surface area contributed by atoms with E-state index in [1.807, 2.05) is 31.5 Å².